The molecule has 1 aromatic rings. The first-order valence-corrected chi connectivity index (χ1v) is 6.76. The molecule has 0 aromatic heterocycles. The predicted molar refractivity (Wildman–Crippen MR) is 80.3 cm³/mol. The Morgan fingerprint density at radius 2 is 1.95 bits per heavy atom. The number of anilines is 1. The van der Waals surface area contributed by atoms with E-state index in [2.05, 4.69) is 4.90 Å². The zero-order valence-electron chi connectivity index (χ0n) is 12.4. The summed E-state index contributed by atoms with van der Waals surface area (Å²) in [7, 11) is 4.08. The first kappa shape index (κ1) is 15.5. The molecule has 0 aliphatic rings. The van der Waals surface area contributed by atoms with Crippen LogP contribution in [-0.2, 0) is 0 Å². The van der Waals surface area contributed by atoms with Crippen LogP contribution in [0.2, 0.25) is 0 Å². The molecule has 2 N–H and O–H groups in total. The van der Waals surface area contributed by atoms with E-state index in [4.69, 9.17) is 5.73 Å². The first-order chi connectivity index (χ1) is 8.97. The Balaban J connectivity index is 2.75. The van der Waals surface area contributed by atoms with Gasteiger partial charge in [-0.15, -0.1) is 0 Å². The molecule has 1 amide bonds. The van der Waals surface area contributed by atoms with Crippen molar-refractivity contribution in [2.24, 2.45) is 0 Å². The quantitative estimate of drug-likeness (QED) is 0.799. The number of amides is 1. The maximum atomic E-state index is 12.5. The van der Waals surface area contributed by atoms with E-state index >= 15 is 0 Å². The fourth-order valence-corrected chi connectivity index (χ4v) is 2.04. The number of benzene rings is 1. The highest BCUT2D eigenvalue weighted by Crippen LogP contribution is 2.17. The number of carbonyl (C=O) groups is 1. The number of hydrogen-bond acceptors (Lipinski definition) is 3. The summed E-state index contributed by atoms with van der Waals surface area (Å²) in [4.78, 5) is 16.5. The van der Waals surface area contributed by atoms with Crippen LogP contribution in [0.25, 0.3) is 0 Å². The molecule has 0 unspecified atom stereocenters. The molecule has 1 aromatic carbocycles. The fraction of sp³-hybridized carbons (Fsp3) is 0.533. The second-order valence-electron chi connectivity index (χ2n) is 5.06. The summed E-state index contributed by atoms with van der Waals surface area (Å²) in [5, 5.41) is 0. The number of nitrogens with two attached hydrogens (primary N) is 1. The van der Waals surface area contributed by atoms with E-state index in [0.29, 0.717) is 11.3 Å². The summed E-state index contributed by atoms with van der Waals surface area (Å²) in [5.74, 6) is 0.0751. The number of nitrogens with zero attached hydrogens (tertiary/aromatic N) is 2. The Bertz CT molecular complexity index is 429. The van der Waals surface area contributed by atoms with Gasteiger partial charge in [0, 0.05) is 24.3 Å². The molecule has 4 heteroatoms. The topological polar surface area (TPSA) is 49.6 Å². The van der Waals surface area contributed by atoms with Crippen LogP contribution in [0, 0.1) is 6.92 Å². The van der Waals surface area contributed by atoms with Gasteiger partial charge in [-0.05, 0) is 58.6 Å². The lowest BCUT2D eigenvalue weighted by atomic mass is 10.1. The summed E-state index contributed by atoms with van der Waals surface area (Å²) >= 11 is 0. The lowest BCUT2D eigenvalue weighted by Crippen LogP contribution is -2.33. The summed E-state index contributed by atoms with van der Waals surface area (Å²) < 4.78 is 0. The van der Waals surface area contributed by atoms with Gasteiger partial charge in [-0.3, -0.25) is 4.79 Å². The maximum absolute atomic E-state index is 12.5. The van der Waals surface area contributed by atoms with Gasteiger partial charge >= 0.3 is 0 Å². The van der Waals surface area contributed by atoms with Crippen molar-refractivity contribution in [2.75, 3.05) is 39.5 Å². The molecule has 0 spiro atoms. The van der Waals surface area contributed by atoms with E-state index in [1.807, 2.05) is 51.0 Å². The van der Waals surface area contributed by atoms with Crippen LogP contribution in [-0.4, -0.2) is 49.4 Å². The van der Waals surface area contributed by atoms with E-state index in [1.54, 1.807) is 0 Å². The first-order valence-electron chi connectivity index (χ1n) is 6.76. The van der Waals surface area contributed by atoms with Crippen molar-refractivity contribution >= 4 is 11.6 Å². The van der Waals surface area contributed by atoms with Crippen molar-refractivity contribution in [3.8, 4) is 0 Å². The Labute approximate surface area is 116 Å². The molecule has 0 heterocycles. The van der Waals surface area contributed by atoms with Crippen LogP contribution >= 0.6 is 0 Å². The molecule has 19 heavy (non-hydrogen) atoms. The van der Waals surface area contributed by atoms with Crippen LogP contribution < -0.4 is 5.73 Å². The lowest BCUT2D eigenvalue weighted by Gasteiger charge is -2.23. The zero-order valence-corrected chi connectivity index (χ0v) is 12.4. The van der Waals surface area contributed by atoms with Gasteiger partial charge in [0.1, 0.15) is 0 Å². The van der Waals surface area contributed by atoms with Crippen molar-refractivity contribution in [2.45, 2.75) is 20.3 Å². The van der Waals surface area contributed by atoms with Crippen molar-refractivity contribution in [3.63, 3.8) is 0 Å². The molecule has 0 bridgehead atoms. The molecule has 0 atom stereocenters. The number of rotatable bonds is 6. The normalized spacial score (nSPS) is 10.8. The molecule has 0 radical (unpaired) electrons. The van der Waals surface area contributed by atoms with E-state index in [0.717, 1.165) is 31.6 Å². The SMILES string of the molecule is CCN(CCCN(C)C)C(=O)c1cccc(N)c1C. The van der Waals surface area contributed by atoms with Gasteiger partial charge in [-0.2, -0.15) is 0 Å². The smallest absolute Gasteiger partial charge is 0.254 e. The molecular weight excluding hydrogens is 238 g/mol. The molecule has 106 valence electrons. The Hall–Kier alpha value is -1.55. The van der Waals surface area contributed by atoms with Crippen molar-refractivity contribution in [1.29, 1.82) is 0 Å². The minimum Gasteiger partial charge on any atom is -0.398 e. The Kier molecular flexibility index (Phi) is 5.83. The Morgan fingerprint density at radius 3 is 2.53 bits per heavy atom. The van der Waals surface area contributed by atoms with Crippen molar-refractivity contribution < 1.29 is 4.79 Å². The Morgan fingerprint density at radius 1 is 1.26 bits per heavy atom. The van der Waals surface area contributed by atoms with Crippen LogP contribution in [0.1, 0.15) is 29.3 Å². The van der Waals surface area contributed by atoms with E-state index in [1.165, 1.54) is 0 Å². The van der Waals surface area contributed by atoms with Gasteiger partial charge in [0.25, 0.3) is 5.91 Å². The van der Waals surface area contributed by atoms with E-state index < -0.39 is 0 Å². The molecule has 0 saturated heterocycles. The zero-order chi connectivity index (χ0) is 14.4. The van der Waals surface area contributed by atoms with E-state index in [-0.39, 0.29) is 5.91 Å². The second-order valence-corrected chi connectivity index (χ2v) is 5.06. The second kappa shape index (κ2) is 7.14. The van der Waals surface area contributed by atoms with Gasteiger partial charge in [-0.25, -0.2) is 0 Å². The van der Waals surface area contributed by atoms with Gasteiger partial charge < -0.3 is 15.5 Å². The van der Waals surface area contributed by atoms with Crippen molar-refractivity contribution in [1.82, 2.24) is 9.80 Å². The summed E-state index contributed by atoms with van der Waals surface area (Å²) in [6.07, 6.45) is 0.980. The fourth-order valence-electron chi connectivity index (χ4n) is 2.04. The lowest BCUT2D eigenvalue weighted by molar-refractivity contribution is 0.0758. The molecule has 0 fully saturated rings. The van der Waals surface area contributed by atoms with Gasteiger partial charge in [-0.1, -0.05) is 6.07 Å². The third-order valence-electron chi connectivity index (χ3n) is 3.31. The maximum Gasteiger partial charge on any atom is 0.254 e. The largest absolute Gasteiger partial charge is 0.398 e. The molecule has 0 aliphatic heterocycles. The monoisotopic (exact) mass is 263 g/mol. The molecule has 1 rings (SSSR count). The number of nitrogen functional groups attached to an aromatic ring is 1. The van der Waals surface area contributed by atoms with Crippen LogP contribution in [0.3, 0.4) is 0 Å². The molecule has 0 aliphatic carbocycles. The van der Waals surface area contributed by atoms with Crippen LogP contribution in [0.5, 0.6) is 0 Å². The average Bonchev–Trinajstić information content (AvgIpc) is 2.37. The van der Waals surface area contributed by atoms with Crippen molar-refractivity contribution in [3.05, 3.63) is 29.3 Å². The van der Waals surface area contributed by atoms with Crippen LogP contribution in [0.15, 0.2) is 18.2 Å². The van der Waals surface area contributed by atoms with Gasteiger partial charge in [0.15, 0.2) is 0 Å². The van der Waals surface area contributed by atoms with Gasteiger partial charge in [0.05, 0.1) is 0 Å². The third kappa shape index (κ3) is 4.24. The highest BCUT2D eigenvalue weighted by Gasteiger charge is 2.16. The highest BCUT2D eigenvalue weighted by molar-refractivity contribution is 5.96. The van der Waals surface area contributed by atoms with E-state index in [9.17, 15) is 4.79 Å². The van der Waals surface area contributed by atoms with Crippen LogP contribution in [0.4, 0.5) is 5.69 Å². The summed E-state index contributed by atoms with van der Waals surface area (Å²) in [5.41, 5.74) is 8.13. The third-order valence-corrected chi connectivity index (χ3v) is 3.31. The average molecular weight is 263 g/mol. The minimum atomic E-state index is 0.0751. The van der Waals surface area contributed by atoms with Gasteiger partial charge in [0.2, 0.25) is 0 Å². The predicted octanol–water partition coefficient (Wildman–Crippen LogP) is 1.99. The number of hydrogen-bond donors (Lipinski definition) is 1. The molecule has 0 saturated carbocycles. The highest BCUT2D eigenvalue weighted by atomic mass is 16.2. The standard InChI is InChI=1S/C15H25N3O/c1-5-18(11-7-10-17(3)4)15(19)13-8-6-9-14(16)12(13)2/h6,8-9H,5,7,10-11,16H2,1-4H3. The molecular formula is C15H25N3O. The number of carbonyl (C=O) groups excluding carboxylic acids is 1. The summed E-state index contributed by atoms with van der Waals surface area (Å²) in [6, 6.07) is 5.51. The minimum absolute atomic E-state index is 0.0751. The molecule has 4 nitrogen and oxygen atoms in total. The summed E-state index contributed by atoms with van der Waals surface area (Å²) in [6.45, 7) is 6.40.